The van der Waals surface area contributed by atoms with E-state index >= 15 is 0 Å². The van der Waals surface area contributed by atoms with E-state index in [1.54, 1.807) is 32.4 Å². The molecule has 2 heterocycles. The highest BCUT2D eigenvalue weighted by Gasteiger charge is 2.20. The number of amides is 1. The molecule has 4 aromatic rings. The summed E-state index contributed by atoms with van der Waals surface area (Å²) < 4.78 is 17.2. The lowest BCUT2D eigenvalue weighted by Crippen LogP contribution is -2.13. The van der Waals surface area contributed by atoms with Crippen LogP contribution in [0.25, 0.3) is 22.4 Å². The minimum Gasteiger partial charge on any atom is -0.497 e. The van der Waals surface area contributed by atoms with Gasteiger partial charge in [-0.1, -0.05) is 15.9 Å². The number of aromatic nitrogens is 3. The number of anilines is 1. The van der Waals surface area contributed by atoms with Crippen LogP contribution in [0.2, 0.25) is 0 Å². The van der Waals surface area contributed by atoms with Gasteiger partial charge in [0.15, 0.2) is 11.6 Å². The maximum absolute atomic E-state index is 12.7. The number of furan rings is 1. The predicted octanol–water partition coefficient (Wildman–Crippen LogP) is 4.56. The smallest absolute Gasteiger partial charge is 0.294 e. The Bertz CT molecular complexity index is 1210. The molecule has 29 heavy (non-hydrogen) atoms. The number of H-pyrrole nitrogens is 1. The first-order chi connectivity index (χ1) is 14.0. The van der Waals surface area contributed by atoms with Gasteiger partial charge in [-0.25, -0.2) is 0 Å². The number of aryl methyl sites for hydroxylation is 1. The standard InChI is InChI=1S/C20H17BrN4O4/c1-10-14-8-11(21)4-7-15(14)29-17(10)19(26)23-20-22-18(24-25-20)13-6-5-12(27-2)9-16(13)28-3/h4-9H,1-3H3,(H2,22,23,24,25,26). The molecule has 4 rings (SSSR count). The number of benzene rings is 2. The second kappa shape index (κ2) is 7.59. The molecule has 0 bridgehead atoms. The number of rotatable bonds is 5. The van der Waals surface area contributed by atoms with Gasteiger partial charge in [-0.2, -0.15) is 4.98 Å². The molecule has 0 spiro atoms. The Labute approximate surface area is 174 Å². The van der Waals surface area contributed by atoms with E-state index in [1.165, 1.54) is 0 Å². The number of methoxy groups -OCH3 is 2. The fraction of sp³-hybridized carbons (Fsp3) is 0.150. The zero-order chi connectivity index (χ0) is 20.5. The number of carbonyl (C=O) groups is 1. The molecule has 0 fully saturated rings. The number of carbonyl (C=O) groups excluding carboxylic acids is 1. The molecule has 0 radical (unpaired) electrons. The highest BCUT2D eigenvalue weighted by Crippen LogP contribution is 2.32. The van der Waals surface area contributed by atoms with Gasteiger partial charge in [-0.05, 0) is 37.3 Å². The number of nitrogens with one attached hydrogen (secondary N) is 2. The topological polar surface area (TPSA) is 102 Å². The van der Waals surface area contributed by atoms with Crippen molar-refractivity contribution in [1.29, 1.82) is 0 Å². The van der Waals surface area contributed by atoms with Gasteiger partial charge in [0.1, 0.15) is 17.1 Å². The van der Waals surface area contributed by atoms with Crippen molar-refractivity contribution in [3.63, 3.8) is 0 Å². The van der Waals surface area contributed by atoms with Crippen LogP contribution < -0.4 is 14.8 Å². The molecular formula is C20H17BrN4O4. The Kier molecular flexibility index (Phi) is 4.98. The van der Waals surface area contributed by atoms with E-state index in [9.17, 15) is 4.79 Å². The molecular weight excluding hydrogens is 440 g/mol. The van der Waals surface area contributed by atoms with Crippen LogP contribution in [0.1, 0.15) is 16.1 Å². The Balaban J connectivity index is 1.60. The third kappa shape index (κ3) is 3.56. The van der Waals surface area contributed by atoms with Gasteiger partial charge in [-0.3, -0.25) is 15.2 Å². The van der Waals surface area contributed by atoms with Crippen molar-refractivity contribution in [3.8, 4) is 22.9 Å². The van der Waals surface area contributed by atoms with Crippen LogP contribution in [0.3, 0.4) is 0 Å². The lowest BCUT2D eigenvalue weighted by atomic mass is 10.1. The second-order valence-corrected chi connectivity index (χ2v) is 7.14. The van der Waals surface area contributed by atoms with Crippen LogP contribution in [-0.4, -0.2) is 35.3 Å². The van der Waals surface area contributed by atoms with Crippen LogP contribution in [0.5, 0.6) is 11.5 Å². The molecule has 9 heteroatoms. The summed E-state index contributed by atoms with van der Waals surface area (Å²) in [6.45, 7) is 1.83. The maximum Gasteiger partial charge on any atom is 0.294 e. The summed E-state index contributed by atoms with van der Waals surface area (Å²) in [6, 6.07) is 10.9. The monoisotopic (exact) mass is 456 g/mol. The van der Waals surface area contributed by atoms with Crippen molar-refractivity contribution < 1.29 is 18.7 Å². The van der Waals surface area contributed by atoms with E-state index in [1.807, 2.05) is 25.1 Å². The van der Waals surface area contributed by atoms with Crippen LogP contribution in [0.4, 0.5) is 5.95 Å². The van der Waals surface area contributed by atoms with Crippen molar-refractivity contribution in [2.75, 3.05) is 19.5 Å². The third-order valence-electron chi connectivity index (χ3n) is 4.48. The SMILES string of the molecule is COc1ccc(-c2nc(NC(=O)c3oc4ccc(Br)cc4c3C)n[nH]2)c(OC)c1. The average molecular weight is 457 g/mol. The molecule has 2 aromatic carbocycles. The second-order valence-electron chi connectivity index (χ2n) is 6.22. The van der Waals surface area contributed by atoms with Crippen molar-refractivity contribution >= 4 is 38.8 Å². The summed E-state index contributed by atoms with van der Waals surface area (Å²) in [4.78, 5) is 17.0. The molecule has 0 saturated carbocycles. The maximum atomic E-state index is 12.7. The zero-order valence-electron chi connectivity index (χ0n) is 15.9. The van der Waals surface area contributed by atoms with Crippen LogP contribution in [0.15, 0.2) is 45.3 Å². The zero-order valence-corrected chi connectivity index (χ0v) is 17.5. The van der Waals surface area contributed by atoms with Crippen LogP contribution in [0, 0.1) is 6.92 Å². The summed E-state index contributed by atoms with van der Waals surface area (Å²) >= 11 is 3.43. The molecule has 148 valence electrons. The van der Waals surface area contributed by atoms with Gasteiger partial charge in [-0.15, -0.1) is 5.10 Å². The van der Waals surface area contributed by atoms with E-state index in [4.69, 9.17) is 13.9 Å². The van der Waals surface area contributed by atoms with Gasteiger partial charge in [0, 0.05) is 21.5 Å². The van der Waals surface area contributed by atoms with E-state index in [0.717, 1.165) is 15.4 Å². The quantitative estimate of drug-likeness (QED) is 0.456. The Morgan fingerprint density at radius 2 is 2.00 bits per heavy atom. The fourth-order valence-corrected chi connectivity index (χ4v) is 3.36. The number of hydrogen-bond acceptors (Lipinski definition) is 6. The van der Waals surface area contributed by atoms with E-state index in [0.29, 0.717) is 28.5 Å². The molecule has 0 aliphatic rings. The van der Waals surface area contributed by atoms with E-state index in [-0.39, 0.29) is 11.7 Å². The highest BCUT2D eigenvalue weighted by atomic mass is 79.9. The Morgan fingerprint density at radius 3 is 2.76 bits per heavy atom. The molecule has 0 unspecified atom stereocenters. The van der Waals surface area contributed by atoms with Gasteiger partial charge in [0.2, 0.25) is 5.95 Å². The predicted molar refractivity (Wildman–Crippen MR) is 112 cm³/mol. The Hall–Kier alpha value is -3.33. The normalized spacial score (nSPS) is 10.9. The minimum absolute atomic E-state index is 0.129. The highest BCUT2D eigenvalue weighted by molar-refractivity contribution is 9.10. The number of ether oxygens (including phenoxy) is 2. The lowest BCUT2D eigenvalue weighted by molar-refractivity contribution is 0.0997. The Morgan fingerprint density at radius 1 is 1.17 bits per heavy atom. The molecule has 0 atom stereocenters. The first-order valence-electron chi connectivity index (χ1n) is 8.65. The summed E-state index contributed by atoms with van der Waals surface area (Å²) in [5.41, 5.74) is 2.06. The number of fused-ring (bicyclic) bond motifs is 1. The number of halogens is 1. The largest absolute Gasteiger partial charge is 0.497 e. The molecule has 0 aliphatic carbocycles. The average Bonchev–Trinajstić information content (AvgIpc) is 3.32. The molecule has 2 N–H and O–H groups in total. The molecule has 2 aromatic heterocycles. The molecule has 1 amide bonds. The lowest BCUT2D eigenvalue weighted by Gasteiger charge is -2.07. The van der Waals surface area contributed by atoms with Gasteiger partial charge in [0.25, 0.3) is 5.91 Å². The minimum atomic E-state index is -0.429. The van der Waals surface area contributed by atoms with Crippen molar-refractivity contribution in [1.82, 2.24) is 15.2 Å². The van der Waals surface area contributed by atoms with Crippen LogP contribution in [-0.2, 0) is 0 Å². The molecule has 0 aliphatic heterocycles. The third-order valence-corrected chi connectivity index (χ3v) is 4.97. The van der Waals surface area contributed by atoms with Gasteiger partial charge in [0.05, 0.1) is 19.8 Å². The molecule has 0 saturated heterocycles. The summed E-state index contributed by atoms with van der Waals surface area (Å²) in [6.07, 6.45) is 0. The number of nitrogens with zero attached hydrogens (tertiary/aromatic N) is 2. The number of hydrogen-bond donors (Lipinski definition) is 2. The van der Waals surface area contributed by atoms with Gasteiger partial charge >= 0.3 is 0 Å². The summed E-state index contributed by atoms with van der Waals surface area (Å²) in [5, 5.41) is 10.4. The van der Waals surface area contributed by atoms with Gasteiger partial charge < -0.3 is 13.9 Å². The number of aromatic amines is 1. The summed E-state index contributed by atoms with van der Waals surface area (Å²) in [5.74, 6) is 1.59. The fourth-order valence-electron chi connectivity index (χ4n) is 3.00. The van der Waals surface area contributed by atoms with Crippen molar-refractivity contribution in [2.24, 2.45) is 0 Å². The van der Waals surface area contributed by atoms with Crippen LogP contribution >= 0.6 is 15.9 Å². The first-order valence-corrected chi connectivity index (χ1v) is 9.44. The van der Waals surface area contributed by atoms with Crippen molar-refractivity contribution in [3.05, 3.63) is 52.2 Å². The summed E-state index contributed by atoms with van der Waals surface area (Å²) in [7, 11) is 3.13. The first kappa shape index (κ1) is 19.0. The van der Waals surface area contributed by atoms with Crippen molar-refractivity contribution in [2.45, 2.75) is 6.92 Å². The molecule has 8 nitrogen and oxygen atoms in total. The van der Waals surface area contributed by atoms with E-state index in [2.05, 4.69) is 36.4 Å². The van der Waals surface area contributed by atoms with E-state index < -0.39 is 5.91 Å².